The monoisotopic (exact) mass is 273 g/mol. The molecule has 0 atom stereocenters. The van der Waals surface area contributed by atoms with Crippen LogP contribution in [0, 0.1) is 0 Å². The minimum Gasteiger partial charge on any atom is -0.393 e. The second kappa shape index (κ2) is 5.21. The van der Waals surface area contributed by atoms with Crippen molar-refractivity contribution in [3.8, 4) is 0 Å². The molecule has 0 radical (unpaired) electrons. The van der Waals surface area contributed by atoms with Crippen molar-refractivity contribution in [2.45, 2.75) is 25.1 Å². The van der Waals surface area contributed by atoms with E-state index >= 15 is 0 Å². The second-order valence-electron chi connectivity index (χ2n) is 4.61. The van der Waals surface area contributed by atoms with Crippen LogP contribution in [-0.4, -0.2) is 30.6 Å². The Morgan fingerprint density at radius 2 is 1.89 bits per heavy atom. The van der Waals surface area contributed by atoms with Gasteiger partial charge >= 0.3 is 6.18 Å². The van der Waals surface area contributed by atoms with Gasteiger partial charge < -0.3 is 10.0 Å². The molecule has 0 amide bonds. The summed E-state index contributed by atoms with van der Waals surface area (Å²) in [6, 6.07) is 3.70. The molecule has 1 aromatic rings. The molecule has 104 valence electrons. The standard InChI is InChI=1S/C13H14F3NO2/c14-13(15,16)12-7-10(2-1-9(12)8-18)17-5-3-11(19)4-6-17/h1-2,7-8,11,19H,3-6H2. The SMILES string of the molecule is O=Cc1ccc(N2CCC(O)CC2)cc1C(F)(F)F. The lowest BCUT2D eigenvalue weighted by Crippen LogP contribution is -2.35. The van der Waals surface area contributed by atoms with Crippen LogP contribution < -0.4 is 4.90 Å². The number of nitrogens with zero attached hydrogens (tertiary/aromatic N) is 1. The number of halogens is 3. The lowest BCUT2D eigenvalue weighted by Gasteiger charge is -2.32. The van der Waals surface area contributed by atoms with Crippen LogP contribution in [0.25, 0.3) is 0 Å². The number of rotatable bonds is 2. The first-order valence-corrected chi connectivity index (χ1v) is 6.01. The summed E-state index contributed by atoms with van der Waals surface area (Å²) in [6.45, 7) is 1.03. The van der Waals surface area contributed by atoms with Crippen molar-refractivity contribution < 1.29 is 23.1 Å². The Hall–Kier alpha value is -1.56. The van der Waals surface area contributed by atoms with Crippen molar-refractivity contribution in [3.05, 3.63) is 29.3 Å². The highest BCUT2D eigenvalue weighted by molar-refractivity contribution is 5.79. The van der Waals surface area contributed by atoms with Crippen LogP contribution in [0.5, 0.6) is 0 Å². The Labute approximate surface area is 108 Å². The topological polar surface area (TPSA) is 40.5 Å². The van der Waals surface area contributed by atoms with Gasteiger partial charge in [-0.05, 0) is 31.0 Å². The fourth-order valence-electron chi connectivity index (χ4n) is 2.21. The third-order valence-electron chi connectivity index (χ3n) is 3.30. The van der Waals surface area contributed by atoms with Gasteiger partial charge in [0.2, 0.25) is 0 Å². The van der Waals surface area contributed by atoms with Gasteiger partial charge in [0.05, 0.1) is 11.7 Å². The number of alkyl halides is 3. The van der Waals surface area contributed by atoms with Crippen LogP contribution in [0.3, 0.4) is 0 Å². The molecule has 0 unspecified atom stereocenters. The summed E-state index contributed by atoms with van der Waals surface area (Å²) in [5.41, 5.74) is -0.829. The molecule has 1 aliphatic rings. The highest BCUT2D eigenvalue weighted by Gasteiger charge is 2.34. The molecule has 0 aromatic heterocycles. The molecule has 1 saturated heterocycles. The van der Waals surface area contributed by atoms with Gasteiger partial charge in [0.15, 0.2) is 6.29 Å². The highest BCUT2D eigenvalue weighted by atomic mass is 19.4. The van der Waals surface area contributed by atoms with Gasteiger partial charge in [0, 0.05) is 24.3 Å². The Morgan fingerprint density at radius 3 is 2.42 bits per heavy atom. The lowest BCUT2D eigenvalue weighted by atomic mass is 10.0. The normalized spacial score (nSPS) is 17.6. The van der Waals surface area contributed by atoms with Crippen LogP contribution in [0.4, 0.5) is 18.9 Å². The van der Waals surface area contributed by atoms with Gasteiger partial charge in [-0.3, -0.25) is 4.79 Å². The molecular formula is C13H14F3NO2. The van der Waals surface area contributed by atoms with Crippen LogP contribution in [0.2, 0.25) is 0 Å². The number of piperidine rings is 1. The molecule has 0 bridgehead atoms. The number of aliphatic hydroxyl groups is 1. The predicted octanol–water partition coefficient (Wildman–Crippen LogP) is 2.48. The minimum atomic E-state index is -4.54. The molecule has 0 aliphatic carbocycles. The van der Waals surface area contributed by atoms with E-state index in [-0.39, 0.29) is 18.0 Å². The molecule has 1 fully saturated rings. The lowest BCUT2D eigenvalue weighted by molar-refractivity contribution is -0.137. The third kappa shape index (κ3) is 3.07. The van der Waals surface area contributed by atoms with Crippen molar-refractivity contribution >= 4 is 12.0 Å². The van der Waals surface area contributed by atoms with Gasteiger partial charge in [-0.2, -0.15) is 13.2 Å². The molecule has 1 aromatic carbocycles. The van der Waals surface area contributed by atoms with E-state index in [1.54, 1.807) is 4.90 Å². The number of carbonyl (C=O) groups excluding carboxylic acids is 1. The second-order valence-corrected chi connectivity index (χ2v) is 4.61. The van der Waals surface area contributed by atoms with Gasteiger partial charge in [-0.1, -0.05) is 0 Å². The van der Waals surface area contributed by atoms with Crippen molar-refractivity contribution in [3.63, 3.8) is 0 Å². The highest BCUT2D eigenvalue weighted by Crippen LogP contribution is 2.34. The van der Waals surface area contributed by atoms with E-state index in [1.165, 1.54) is 12.1 Å². The molecular weight excluding hydrogens is 259 g/mol. The van der Waals surface area contributed by atoms with E-state index in [9.17, 15) is 23.1 Å². The van der Waals surface area contributed by atoms with Gasteiger partial charge in [0.1, 0.15) is 0 Å². The average Bonchev–Trinajstić information content (AvgIpc) is 2.38. The molecule has 3 nitrogen and oxygen atoms in total. The zero-order valence-electron chi connectivity index (χ0n) is 10.2. The number of benzene rings is 1. The molecule has 2 rings (SSSR count). The summed E-state index contributed by atoms with van der Waals surface area (Å²) in [4.78, 5) is 12.4. The van der Waals surface area contributed by atoms with Crippen LogP contribution in [0.15, 0.2) is 18.2 Å². The molecule has 6 heteroatoms. The van der Waals surface area contributed by atoms with Crippen molar-refractivity contribution in [2.75, 3.05) is 18.0 Å². The molecule has 0 saturated carbocycles. The van der Waals surface area contributed by atoms with E-state index in [0.29, 0.717) is 31.6 Å². The fourth-order valence-corrected chi connectivity index (χ4v) is 2.21. The molecule has 1 aliphatic heterocycles. The largest absolute Gasteiger partial charge is 0.417 e. The average molecular weight is 273 g/mol. The molecule has 1 heterocycles. The summed E-state index contributed by atoms with van der Waals surface area (Å²) in [5, 5.41) is 9.39. The summed E-state index contributed by atoms with van der Waals surface area (Å²) in [7, 11) is 0. The maximum atomic E-state index is 12.8. The number of anilines is 1. The first-order valence-electron chi connectivity index (χ1n) is 6.01. The van der Waals surface area contributed by atoms with E-state index < -0.39 is 11.7 Å². The van der Waals surface area contributed by atoms with E-state index in [0.717, 1.165) is 6.07 Å². The maximum Gasteiger partial charge on any atom is 0.417 e. The molecule has 1 N–H and O–H groups in total. The number of aldehydes is 1. The van der Waals surface area contributed by atoms with Gasteiger partial charge in [0.25, 0.3) is 0 Å². The van der Waals surface area contributed by atoms with Crippen LogP contribution >= 0.6 is 0 Å². The first kappa shape index (κ1) is 13.9. The first-order chi connectivity index (χ1) is 8.91. The third-order valence-corrected chi connectivity index (χ3v) is 3.30. The number of aliphatic hydroxyl groups excluding tert-OH is 1. The summed E-state index contributed by atoms with van der Waals surface area (Å²) < 4.78 is 38.5. The number of hydrogen-bond acceptors (Lipinski definition) is 3. The molecule has 0 spiro atoms. The van der Waals surface area contributed by atoms with Crippen molar-refractivity contribution in [1.82, 2.24) is 0 Å². The van der Waals surface area contributed by atoms with Gasteiger partial charge in [-0.15, -0.1) is 0 Å². The quantitative estimate of drug-likeness (QED) is 0.842. The Balaban J connectivity index is 2.30. The zero-order valence-corrected chi connectivity index (χ0v) is 10.2. The number of carbonyl (C=O) groups is 1. The maximum absolute atomic E-state index is 12.8. The Kier molecular flexibility index (Phi) is 3.80. The van der Waals surface area contributed by atoms with Crippen molar-refractivity contribution in [2.24, 2.45) is 0 Å². The smallest absolute Gasteiger partial charge is 0.393 e. The Bertz CT molecular complexity index is 465. The van der Waals surface area contributed by atoms with E-state index in [1.807, 2.05) is 0 Å². The van der Waals surface area contributed by atoms with E-state index in [2.05, 4.69) is 0 Å². The van der Waals surface area contributed by atoms with Crippen LogP contribution in [0.1, 0.15) is 28.8 Å². The summed E-state index contributed by atoms with van der Waals surface area (Å²) in [5.74, 6) is 0. The van der Waals surface area contributed by atoms with Gasteiger partial charge in [-0.25, -0.2) is 0 Å². The van der Waals surface area contributed by atoms with Crippen molar-refractivity contribution in [1.29, 1.82) is 0 Å². The fraction of sp³-hybridized carbons (Fsp3) is 0.462. The molecule has 19 heavy (non-hydrogen) atoms. The number of hydrogen-bond donors (Lipinski definition) is 1. The predicted molar refractivity (Wildman–Crippen MR) is 64.3 cm³/mol. The zero-order chi connectivity index (χ0) is 14.0. The summed E-state index contributed by atoms with van der Waals surface area (Å²) in [6.07, 6.45) is -3.63. The Morgan fingerprint density at radius 1 is 1.26 bits per heavy atom. The van der Waals surface area contributed by atoms with Crippen LogP contribution in [-0.2, 0) is 6.18 Å². The van der Waals surface area contributed by atoms with E-state index in [4.69, 9.17) is 0 Å². The minimum absolute atomic E-state index is 0.215. The summed E-state index contributed by atoms with van der Waals surface area (Å²) >= 11 is 0.